The van der Waals surface area contributed by atoms with E-state index in [1.54, 1.807) is 0 Å². The fraction of sp³-hybridized carbons (Fsp3) is 0. The Bertz CT molecular complexity index is 8030. The molecule has 530 valence electrons. The van der Waals surface area contributed by atoms with Crippen molar-refractivity contribution in [1.82, 2.24) is 29.1 Å². The van der Waals surface area contributed by atoms with Crippen molar-refractivity contribution in [3.05, 3.63) is 388 Å². The number of benzene rings is 18. The minimum Gasteiger partial charge on any atom is -0.278 e. The molecule has 0 saturated carbocycles. The molecule has 24 aromatic rings. The molecular formula is C106H64N6S2. The van der Waals surface area contributed by atoms with Crippen LogP contribution >= 0.6 is 22.7 Å². The number of nitrogens with zero attached hydrogens (tertiary/aromatic N) is 6. The normalized spacial score (nSPS) is 11.9. The van der Waals surface area contributed by atoms with E-state index in [9.17, 15) is 0 Å². The first-order valence-corrected chi connectivity index (χ1v) is 40.3. The third kappa shape index (κ3) is 11.0. The Hall–Kier alpha value is -14.5. The van der Waals surface area contributed by atoms with Crippen LogP contribution in [0.25, 0.3) is 228 Å². The summed E-state index contributed by atoms with van der Waals surface area (Å²) >= 11 is 3.72. The van der Waals surface area contributed by atoms with Crippen LogP contribution in [0, 0.1) is 0 Å². The molecule has 0 spiro atoms. The Kier molecular flexibility index (Phi) is 15.3. The SMILES string of the molecule is c1ccc(-c2ccc(-c3nc(-n4c5ccccc5c5c6cc(-c7ccc(-c8ccc9sc%10ccccc%10c9c8)cc7)ccc6ccc54)nc4ccccc34)cc2)cc1.c1ccc2cc(-c3nc(-n4c5ccccc5c5c6cc(-c7ccc(-c8ccc9sc%10ccccc%10c9c8)cc7)ccc6ccc54)nc4ccccc34)ccc2c1. The third-order valence-electron chi connectivity index (χ3n) is 23.0. The second-order valence-electron chi connectivity index (χ2n) is 29.6. The second kappa shape index (κ2) is 26.6. The van der Waals surface area contributed by atoms with E-state index in [4.69, 9.17) is 19.9 Å². The van der Waals surface area contributed by atoms with Crippen molar-refractivity contribution >= 4 is 161 Å². The first-order chi connectivity index (χ1) is 56.5. The number of fused-ring (bicyclic) bond motifs is 19. The number of hydrogen-bond donors (Lipinski definition) is 0. The first-order valence-electron chi connectivity index (χ1n) is 38.6. The predicted molar refractivity (Wildman–Crippen MR) is 484 cm³/mol. The average Bonchev–Trinajstić information content (AvgIpc) is 1.57. The van der Waals surface area contributed by atoms with E-state index in [-0.39, 0.29) is 0 Å². The summed E-state index contributed by atoms with van der Waals surface area (Å²) < 4.78 is 9.81. The molecule has 0 aliphatic heterocycles. The summed E-state index contributed by atoms with van der Waals surface area (Å²) in [7, 11) is 0. The van der Waals surface area contributed by atoms with Crippen LogP contribution in [0.3, 0.4) is 0 Å². The molecule has 0 aliphatic rings. The van der Waals surface area contributed by atoms with Gasteiger partial charge in [-0.15, -0.1) is 22.7 Å². The van der Waals surface area contributed by atoms with Gasteiger partial charge in [-0.1, -0.05) is 297 Å². The molecule has 18 aromatic carbocycles. The summed E-state index contributed by atoms with van der Waals surface area (Å²) in [4.78, 5) is 21.2. The molecule has 0 N–H and O–H groups in total. The zero-order valence-corrected chi connectivity index (χ0v) is 63.1. The molecule has 0 aliphatic carbocycles. The van der Waals surface area contributed by atoms with Crippen LogP contribution in [-0.2, 0) is 0 Å². The third-order valence-corrected chi connectivity index (χ3v) is 25.3. The molecule has 0 atom stereocenters. The van der Waals surface area contributed by atoms with Gasteiger partial charge in [0.15, 0.2) is 0 Å². The van der Waals surface area contributed by atoms with E-state index in [0.29, 0.717) is 11.9 Å². The summed E-state index contributed by atoms with van der Waals surface area (Å²) in [5.74, 6) is 1.32. The van der Waals surface area contributed by atoms with Gasteiger partial charge < -0.3 is 0 Å². The molecule has 0 radical (unpaired) electrons. The molecule has 0 bridgehead atoms. The van der Waals surface area contributed by atoms with Gasteiger partial charge in [-0.25, -0.2) is 19.9 Å². The largest absolute Gasteiger partial charge is 0.278 e. The van der Waals surface area contributed by atoms with Gasteiger partial charge in [0, 0.05) is 83.8 Å². The van der Waals surface area contributed by atoms with Crippen molar-refractivity contribution in [3.63, 3.8) is 0 Å². The zero-order valence-electron chi connectivity index (χ0n) is 61.5. The maximum absolute atomic E-state index is 5.38. The van der Waals surface area contributed by atoms with Crippen molar-refractivity contribution in [2.24, 2.45) is 0 Å². The van der Waals surface area contributed by atoms with E-state index in [2.05, 4.69) is 397 Å². The number of thiophene rings is 2. The number of aromatic nitrogens is 6. The van der Waals surface area contributed by atoms with E-state index in [1.807, 2.05) is 22.7 Å². The second-order valence-corrected chi connectivity index (χ2v) is 31.7. The lowest BCUT2D eigenvalue weighted by Gasteiger charge is -2.12. The van der Waals surface area contributed by atoms with Gasteiger partial charge in [0.25, 0.3) is 0 Å². The summed E-state index contributed by atoms with van der Waals surface area (Å²) in [5.41, 5.74) is 22.2. The standard InChI is InChI=1S/C54H33N3S.C52H31N3S/c1-2-10-34(11-3-1)35-22-25-39(26-23-35)53-43-13-4-7-15-47(43)55-54(56-53)57-48-16-8-5-14-44(48)52-45-32-40(27-24-38(45)28-30-49(52)57)36-18-20-37(21-19-36)41-29-31-51-46(33-41)42-12-6-9-17-50(42)58-51;1-2-10-36-29-39(24-21-32(36)9-1)51-41-12-3-6-14-45(41)53-52(54-51)55-46-15-7-4-13-42(46)50-43-30-37(23-22-35(43)25-27-47(50)55)33-17-19-34(20-18-33)38-26-28-49-44(31-38)40-11-5-8-16-48(40)56-49/h1-33H;1-31H. The number of para-hydroxylation sites is 4. The van der Waals surface area contributed by atoms with Gasteiger partial charge in [0.2, 0.25) is 11.9 Å². The fourth-order valence-corrected chi connectivity index (χ4v) is 19.6. The van der Waals surface area contributed by atoms with E-state index in [1.165, 1.54) is 150 Å². The highest BCUT2D eigenvalue weighted by molar-refractivity contribution is 7.26. The summed E-state index contributed by atoms with van der Waals surface area (Å²) in [6, 6.07) is 140. The topological polar surface area (TPSA) is 61.4 Å². The monoisotopic (exact) mass is 1480 g/mol. The van der Waals surface area contributed by atoms with Gasteiger partial charge in [-0.2, -0.15) is 0 Å². The number of rotatable bonds is 9. The average molecular weight is 1490 g/mol. The van der Waals surface area contributed by atoms with E-state index in [0.717, 1.165) is 66.4 Å². The Balaban J connectivity index is 0.000000135. The van der Waals surface area contributed by atoms with Crippen molar-refractivity contribution < 1.29 is 0 Å². The highest BCUT2D eigenvalue weighted by Gasteiger charge is 2.23. The van der Waals surface area contributed by atoms with Gasteiger partial charge in [0.1, 0.15) is 0 Å². The zero-order chi connectivity index (χ0) is 74.9. The minimum atomic E-state index is 0.659. The molecule has 24 rings (SSSR count). The van der Waals surface area contributed by atoms with E-state index >= 15 is 0 Å². The quantitative estimate of drug-likeness (QED) is 0.144. The number of hydrogen-bond acceptors (Lipinski definition) is 6. The molecule has 0 unspecified atom stereocenters. The lowest BCUT2D eigenvalue weighted by Crippen LogP contribution is -2.03. The Morgan fingerprint density at radius 1 is 0.175 bits per heavy atom. The van der Waals surface area contributed by atoms with Gasteiger partial charge in [-0.05, 0) is 179 Å². The lowest BCUT2D eigenvalue weighted by molar-refractivity contribution is 1.01. The summed E-state index contributed by atoms with van der Waals surface area (Å²) in [6.07, 6.45) is 0. The summed E-state index contributed by atoms with van der Waals surface area (Å²) in [6.45, 7) is 0. The van der Waals surface area contributed by atoms with Crippen molar-refractivity contribution in [2.45, 2.75) is 0 Å². The summed E-state index contributed by atoms with van der Waals surface area (Å²) in [5, 5.41) is 19.4. The maximum Gasteiger partial charge on any atom is 0.235 e. The van der Waals surface area contributed by atoms with Crippen molar-refractivity contribution in [2.75, 3.05) is 0 Å². The van der Waals surface area contributed by atoms with Crippen molar-refractivity contribution in [1.29, 1.82) is 0 Å². The van der Waals surface area contributed by atoms with Crippen LogP contribution < -0.4 is 0 Å². The molecule has 0 fully saturated rings. The van der Waals surface area contributed by atoms with Crippen LogP contribution in [0.5, 0.6) is 0 Å². The molecular weight excluding hydrogens is 1420 g/mol. The van der Waals surface area contributed by atoms with Gasteiger partial charge in [0.05, 0.1) is 44.5 Å². The molecule has 8 heteroatoms. The van der Waals surface area contributed by atoms with Crippen LogP contribution in [0.2, 0.25) is 0 Å². The Morgan fingerprint density at radius 3 is 0.991 bits per heavy atom. The smallest absolute Gasteiger partial charge is 0.235 e. The van der Waals surface area contributed by atoms with Crippen LogP contribution in [0.15, 0.2) is 388 Å². The molecule has 114 heavy (non-hydrogen) atoms. The Labute approximate surface area is 663 Å². The lowest BCUT2D eigenvalue weighted by atomic mass is 9.96. The molecule has 6 nitrogen and oxygen atoms in total. The molecule has 0 saturated heterocycles. The molecule has 6 aromatic heterocycles. The highest BCUT2D eigenvalue weighted by Crippen LogP contribution is 2.45. The molecule has 6 heterocycles. The highest BCUT2D eigenvalue weighted by atomic mass is 32.1. The van der Waals surface area contributed by atoms with Crippen molar-refractivity contribution in [3.8, 4) is 90.0 Å². The van der Waals surface area contributed by atoms with Gasteiger partial charge >= 0.3 is 0 Å². The maximum atomic E-state index is 5.38. The van der Waals surface area contributed by atoms with Crippen LogP contribution in [0.4, 0.5) is 0 Å². The fourth-order valence-electron chi connectivity index (χ4n) is 17.4. The predicted octanol–water partition coefficient (Wildman–Crippen LogP) is 29.3. The van der Waals surface area contributed by atoms with Gasteiger partial charge in [-0.3, -0.25) is 9.13 Å². The Morgan fingerprint density at radius 2 is 0.500 bits per heavy atom. The van der Waals surface area contributed by atoms with E-state index < -0.39 is 0 Å². The minimum absolute atomic E-state index is 0.659. The molecule has 0 amide bonds. The van der Waals surface area contributed by atoms with Crippen LogP contribution in [0.1, 0.15) is 0 Å². The first kappa shape index (κ1) is 65.4. The van der Waals surface area contributed by atoms with Crippen LogP contribution in [-0.4, -0.2) is 29.1 Å².